The Bertz CT molecular complexity index is 1100. The standard InChI is InChI=1S/C25H34N3O6P3S/c1-5-25(6-2,37(38)27(3)26-16-20-7-11-21(29)12-8-20)34-22-13-9-19(10-14-22)15-23(24(30)33-4)28(17-35-31)18-36-32/h7-14,16,23,29,37H,5-6,15,17-18H2,1-4H3/b26-16+. The van der Waals surface area contributed by atoms with Gasteiger partial charge in [-0.15, -0.1) is 0 Å². The fraction of sp³-hybridized carbons (Fsp3) is 0.440. The van der Waals surface area contributed by atoms with E-state index in [1.165, 1.54) is 7.11 Å². The fourth-order valence-electron chi connectivity index (χ4n) is 3.83. The smallest absolute Gasteiger partial charge is 0.323 e. The molecular weight excluding hydrogens is 563 g/mol. The summed E-state index contributed by atoms with van der Waals surface area (Å²) in [5, 5.41) is 13.4. The molecule has 38 heavy (non-hydrogen) atoms. The summed E-state index contributed by atoms with van der Waals surface area (Å²) in [4.78, 5) is 14.0. The third-order valence-corrected chi connectivity index (χ3v) is 11.3. The van der Waals surface area contributed by atoms with Gasteiger partial charge in [0.2, 0.25) is 0 Å². The lowest BCUT2D eigenvalue weighted by Gasteiger charge is -2.37. The number of hydrogen-bond acceptors (Lipinski definition) is 9. The van der Waals surface area contributed by atoms with E-state index in [4.69, 9.17) is 21.3 Å². The fourth-order valence-corrected chi connectivity index (χ4v) is 7.58. The van der Waals surface area contributed by atoms with Crippen LogP contribution in [0.25, 0.3) is 0 Å². The highest BCUT2D eigenvalue weighted by molar-refractivity contribution is 8.04. The van der Waals surface area contributed by atoms with Crippen molar-refractivity contribution in [3.8, 4) is 11.5 Å². The Morgan fingerprint density at radius 2 is 1.68 bits per heavy atom. The molecule has 9 nitrogen and oxygen atoms in total. The first-order valence-corrected chi connectivity index (χ1v) is 16.6. The Morgan fingerprint density at radius 3 is 2.18 bits per heavy atom. The lowest BCUT2D eigenvalue weighted by Crippen LogP contribution is -2.42. The second-order valence-corrected chi connectivity index (χ2v) is 12.9. The molecule has 0 aromatic heterocycles. The summed E-state index contributed by atoms with van der Waals surface area (Å²) in [5.41, 5.74) is 1.70. The second-order valence-electron chi connectivity index (χ2n) is 8.49. The van der Waals surface area contributed by atoms with Crippen molar-refractivity contribution in [3.63, 3.8) is 0 Å². The number of phenols is 1. The third kappa shape index (κ3) is 8.93. The van der Waals surface area contributed by atoms with Crippen molar-refractivity contribution in [2.24, 2.45) is 5.10 Å². The van der Waals surface area contributed by atoms with E-state index in [0.717, 1.165) is 11.1 Å². The predicted octanol–water partition coefficient (Wildman–Crippen LogP) is 5.73. The first-order chi connectivity index (χ1) is 18.2. The Kier molecular flexibility index (Phi) is 13.5. The molecule has 2 rings (SSSR count). The van der Waals surface area contributed by atoms with Crippen molar-refractivity contribution in [2.45, 2.75) is 44.5 Å². The average molecular weight is 598 g/mol. The maximum atomic E-state index is 12.4. The Labute approximate surface area is 233 Å². The van der Waals surface area contributed by atoms with Crippen molar-refractivity contribution in [2.75, 3.05) is 26.7 Å². The van der Waals surface area contributed by atoms with E-state index in [1.54, 1.807) is 40.2 Å². The van der Waals surface area contributed by atoms with Gasteiger partial charge < -0.3 is 14.6 Å². The molecule has 1 N–H and O–H groups in total. The summed E-state index contributed by atoms with van der Waals surface area (Å²) >= 11 is 5.97. The van der Waals surface area contributed by atoms with E-state index in [9.17, 15) is 19.0 Å². The van der Waals surface area contributed by atoms with Gasteiger partial charge in [0, 0.05) is 7.05 Å². The van der Waals surface area contributed by atoms with Crippen molar-refractivity contribution >= 4 is 47.8 Å². The molecule has 0 heterocycles. The van der Waals surface area contributed by atoms with Crippen molar-refractivity contribution in [1.29, 1.82) is 0 Å². The maximum Gasteiger partial charge on any atom is 0.323 e. The van der Waals surface area contributed by atoms with E-state index in [1.807, 2.05) is 45.2 Å². The molecule has 0 saturated carbocycles. The van der Waals surface area contributed by atoms with Gasteiger partial charge in [0.25, 0.3) is 0 Å². The zero-order chi connectivity index (χ0) is 28.1. The summed E-state index contributed by atoms with van der Waals surface area (Å²) in [6.45, 7) is 2.41. The number of esters is 1. The molecule has 0 bridgehead atoms. The zero-order valence-electron chi connectivity index (χ0n) is 21.9. The van der Waals surface area contributed by atoms with Crippen molar-refractivity contribution in [1.82, 2.24) is 9.68 Å². The van der Waals surface area contributed by atoms with Gasteiger partial charge in [0.05, 0.1) is 32.7 Å². The topological polar surface area (TPSA) is 109 Å². The molecule has 0 fully saturated rings. The molecule has 0 saturated heterocycles. The highest BCUT2D eigenvalue weighted by Crippen LogP contribution is 2.48. The Morgan fingerprint density at radius 1 is 1.11 bits per heavy atom. The molecule has 0 amide bonds. The predicted molar refractivity (Wildman–Crippen MR) is 156 cm³/mol. The van der Waals surface area contributed by atoms with E-state index in [2.05, 4.69) is 5.10 Å². The normalized spacial score (nSPS) is 13.6. The largest absolute Gasteiger partial charge is 0.508 e. The van der Waals surface area contributed by atoms with Gasteiger partial charge in [0.1, 0.15) is 17.5 Å². The molecule has 2 aromatic carbocycles. The molecular formula is C25H34N3O6P3S. The second kappa shape index (κ2) is 16.0. The molecule has 0 radical (unpaired) electrons. The summed E-state index contributed by atoms with van der Waals surface area (Å²) < 4.78 is 35.6. The van der Waals surface area contributed by atoms with Crippen LogP contribution in [0.15, 0.2) is 53.6 Å². The van der Waals surface area contributed by atoms with Gasteiger partial charge in [-0.05, 0) is 66.8 Å². The van der Waals surface area contributed by atoms with Crippen LogP contribution >= 0.6 is 23.8 Å². The SMILES string of the molecule is CCC(CC)(Oc1ccc(CC(C(=O)OC)N(CP=O)CP=O)cc1)[PH](=S)N(C)/N=C/c1ccc(O)cc1. The number of carbonyl (C=O) groups excluding carboxylic acids is 1. The third-order valence-electron chi connectivity index (χ3n) is 6.16. The molecule has 2 atom stereocenters. The van der Waals surface area contributed by atoms with Gasteiger partial charge >= 0.3 is 5.97 Å². The minimum Gasteiger partial charge on any atom is -0.508 e. The number of nitrogens with zero attached hydrogens (tertiary/aromatic N) is 3. The summed E-state index contributed by atoms with van der Waals surface area (Å²) in [5.74, 6) is 0.368. The molecule has 0 spiro atoms. The molecule has 13 heteroatoms. The van der Waals surface area contributed by atoms with Crippen LogP contribution in [0.2, 0.25) is 0 Å². The van der Waals surface area contributed by atoms with E-state index in [-0.39, 0.29) is 35.2 Å². The van der Waals surface area contributed by atoms with Crippen LogP contribution in [0.4, 0.5) is 0 Å². The molecule has 2 aromatic rings. The number of ether oxygens (including phenoxy) is 2. The van der Waals surface area contributed by atoms with Crippen LogP contribution < -0.4 is 4.74 Å². The number of methoxy groups -OCH3 is 1. The minimum atomic E-state index is -1.69. The van der Waals surface area contributed by atoms with Crippen molar-refractivity contribution < 1.29 is 28.5 Å². The first kappa shape index (κ1) is 32.0. The van der Waals surface area contributed by atoms with E-state index >= 15 is 0 Å². The molecule has 0 aliphatic carbocycles. The minimum absolute atomic E-state index is 0.0675. The average Bonchev–Trinajstić information content (AvgIpc) is 2.94. The quantitative estimate of drug-likeness (QED) is 0.112. The lowest BCUT2D eigenvalue weighted by atomic mass is 10.0. The number of phenolic OH excluding ortho intramolecular Hbond substituents is 1. The molecule has 206 valence electrons. The molecule has 2 unspecified atom stereocenters. The van der Waals surface area contributed by atoms with Crippen LogP contribution in [-0.4, -0.2) is 65.1 Å². The summed E-state index contributed by atoms with van der Waals surface area (Å²) in [7, 11) is 2.81. The monoisotopic (exact) mass is 597 g/mol. The number of aromatic hydroxyl groups is 1. The van der Waals surface area contributed by atoms with Gasteiger partial charge in [0.15, 0.2) is 22.3 Å². The highest BCUT2D eigenvalue weighted by atomic mass is 32.4. The number of hydrogen-bond donors (Lipinski definition) is 1. The van der Waals surface area contributed by atoms with Crippen LogP contribution in [0, 0.1) is 0 Å². The zero-order valence-corrected chi connectivity index (χ0v) is 25.5. The highest BCUT2D eigenvalue weighted by Gasteiger charge is 2.35. The number of rotatable bonds is 16. The number of hydrazone groups is 1. The summed E-state index contributed by atoms with van der Waals surface area (Å²) in [6, 6.07) is 13.5. The first-order valence-electron chi connectivity index (χ1n) is 12.0. The molecule has 0 aliphatic heterocycles. The van der Waals surface area contributed by atoms with Crippen LogP contribution in [-0.2, 0) is 36.9 Å². The molecule has 0 aliphatic rings. The van der Waals surface area contributed by atoms with E-state index in [0.29, 0.717) is 25.0 Å². The summed E-state index contributed by atoms with van der Waals surface area (Å²) in [6.07, 6.45) is 3.54. The van der Waals surface area contributed by atoms with Gasteiger partial charge in [-0.3, -0.25) is 23.6 Å². The van der Waals surface area contributed by atoms with Crippen LogP contribution in [0.1, 0.15) is 37.8 Å². The van der Waals surface area contributed by atoms with Crippen LogP contribution in [0.3, 0.4) is 0 Å². The number of carbonyl (C=O) groups is 1. The maximum absolute atomic E-state index is 12.4. The number of benzene rings is 2. The Hall–Kier alpha value is -2.21. The Balaban J connectivity index is 2.19. The van der Waals surface area contributed by atoms with Crippen LogP contribution in [0.5, 0.6) is 11.5 Å². The van der Waals surface area contributed by atoms with Gasteiger partial charge in [-0.25, -0.2) is 0 Å². The van der Waals surface area contributed by atoms with Gasteiger partial charge in [-0.2, -0.15) is 5.10 Å². The van der Waals surface area contributed by atoms with E-state index < -0.39 is 24.2 Å². The van der Waals surface area contributed by atoms with Crippen molar-refractivity contribution in [3.05, 3.63) is 59.7 Å². The van der Waals surface area contributed by atoms with Gasteiger partial charge in [-0.1, -0.05) is 37.8 Å². The lowest BCUT2D eigenvalue weighted by molar-refractivity contribution is -0.146.